The van der Waals surface area contributed by atoms with Gasteiger partial charge in [0.25, 0.3) is 0 Å². The number of ether oxygens (including phenoxy) is 1. The molecule has 0 bridgehead atoms. The molecule has 0 spiro atoms. The summed E-state index contributed by atoms with van der Waals surface area (Å²) in [5, 5.41) is 0. The van der Waals surface area contributed by atoms with Crippen LogP contribution in [0.5, 0.6) is 0 Å². The van der Waals surface area contributed by atoms with Crippen molar-refractivity contribution in [1.82, 2.24) is 4.90 Å². The molecule has 1 saturated heterocycles. The van der Waals surface area contributed by atoms with E-state index in [9.17, 15) is 14.0 Å². The molecule has 2 aromatic rings. The fourth-order valence-electron chi connectivity index (χ4n) is 4.19. The summed E-state index contributed by atoms with van der Waals surface area (Å²) in [6.45, 7) is 6.33. The van der Waals surface area contributed by atoms with Crippen LogP contribution in [0.4, 0.5) is 4.39 Å². The maximum Gasteiger partial charge on any atom is 0.316 e. The van der Waals surface area contributed by atoms with Crippen LogP contribution in [0.15, 0.2) is 54.1 Å². The number of carbonyl (C=O) groups is 2. The molecule has 0 aromatic heterocycles. The summed E-state index contributed by atoms with van der Waals surface area (Å²) < 4.78 is 18.3. The molecule has 4 nitrogen and oxygen atoms in total. The van der Waals surface area contributed by atoms with E-state index in [0.29, 0.717) is 13.0 Å². The lowest BCUT2D eigenvalue weighted by molar-refractivity contribution is -0.151. The Labute approximate surface area is 190 Å². The number of halogens is 1. The Morgan fingerprint density at radius 1 is 1.09 bits per heavy atom. The fraction of sp³-hybridized carbons (Fsp3) is 0.407. The first-order valence-electron chi connectivity index (χ1n) is 11.4. The van der Waals surface area contributed by atoms with E-state index in [4.69, 9.17) is 4.74 Å². The number of ketones is 1. The zero-order valence-electron chi connectivity index (χ0n) is 19.0. The molecular formula is C27H32FNO3. The Hall–Kier alpha value is -2.79. The minimum atomic E-state index is -0.641. The van der Waals surface area contributed by atoms with Gasteiger partial charge in [-0.05, 0) is 74.9 Å². The van der Waals surface area contributed by atoms with Crippen LogP contribution < -0.4 is 0 Å². The Kier molecular flexibility index (Phi) is 8.74. The van der Waals surface area contributed by atoms with E-state index < -0.39 is 11.9 Å². The highest BCUT2D eigenvalue weighted by molar-refractivity contribution is 5.97. The van der Waals surface area contributed by atoms with Gasteiger partial charge in [0.1, 0.15) is 17.5 Å². The summed E-state index contributed by atoms with van der Waals surface area (Å²) in [5.41, 5.74) is 4.68. The molecule has 0 N–H and O–H groups in total. The maximum atomic E-state index is 13.3. The van der Waals surface area contributed by atoms with Gasteiger partial charge in [0, 0.05) is 13.1 Å². The number of likely N-dealkylation sites (tertiary alicyclic amines) is 1. The van der Waals surface area contributed by atoms with Crippen molar-refractivity contribution in [3.8, 4) is 11.1 Å². The second kappa shape index (κ2) is 11.7. The van der Waals surface area contributed by atoms with Gasteiger partial charge in [-0.15, -0.1) is 0 Å². The summed E-state index contributed by atoms with van der Waals surface area (Å²) in [6.07, 6.45) is 5.59. The molecule has 1 unspecified atom stereocenters. The van der Waals surface area contributed by atoms with Crippen LogP contribution in [-0.4, -0.2) is 42.9 Å². The van der Waals surface area contributed by atoms with E-state index in [1.807, 2.05) is 24.3 Å². The van der Waals surface area contributed by atoms with Crippen molar-refractivity contribution in [1.29, 1.82) is 0 Å². The zero-order chi connectivity index (χ0) is 22.9. The van der Waals surface area contributed by atoms with Crippen LogP contribution in [0, 0.1) is 11.7 Å². The molecule has 0 aliphatic carbocycles. The highest BCUT2D eigenvalue weighted by Gasteiger charge is 2.24. The zero-order valence-corrected chi connectivity index (χ0v) is 19.0. The van der Waals surface area contributed by atoms with Gasteiger partial charge in [-0.3, -0.25) is 9.59 Å². The molecule has 3 rings (SSSR count). The molecular weight excluding hydrogens is 405 g/mol. The summed E-state index contributed by atoms with van der Waals surface area (Å²) in [4.78, 5) is 26.1. The van der Waals surface area contributed by atoms with Crippen molar-refractivity contribution in [2.75, 3.05) is 26.2 Å². The molecule has 170 valence electrons. The second-order valence-corrected chi connectivity index (χ2v) is 8.30. The van der Waals surface area contributed by atoms with Crippen LogP contribution >= 0.6 is 0 Å². The normalized spacial score (nSPS) is 15.3. The van der Waals surface area contributed by atoms with Gasteiger partial charge in [-0.25, -0.2) is 4.39 Å². The third-order valence-corrected chi connectivity index (χ3v) is 6.00. The molecule has 1 aliphatic heterocycles. The minimum absolute atomic E-state index is 0.118. The van der Waals surface area contributed by atoms with Crippen molar-refractivity contribution in [3.63, 3.8) is 0 Å². The third kappa shape index (κ3) is 6.60. The van der Waals surface area contributed by atoms with Gasteiger partial charge in [-0.2, -0.15) is 0 Å². The van der Waals surface area contributed by atoms with Crippen LogP contribution in [0.25, 0.3) is 17.2 Å². The topological polar surface area (TPSA) is 46.6 Å². The Balaban J connectivity index is 1.54. The number of piperidine rings is 1. The van der Waals surface area contributed by atoms with E-state index in [0.717, 1.165) is 55.6 Å². The van der Waals surface area contributed by atoms with Gasteiger partial charge in [-0.1, -0.05) is 48.0 Å². The molecule has 1 heterocycles. The number of hydrogen-bond donors (Lipinski definition) is 0. The van der Waals surface area contributed by atoms with Crippen molar-refractivity contribution >= 4 is 17.8 Å². The molecule has 0 amide bonds. The van der Waals surface area contributed by atoms with E-state index in [2.05, 4.69) is 23.1 Å². The summed E-state index contributed by atoms with van der Waals surface area (Å²) in [5.74, 6) is -1.39. The number of Topliss-reactive ketones (excluding diaryl/α,β-unsaturated/α-hetero) is 1. The number of esters is 1. The van der Waals surface area contributed by atoms with E-state index in [1.54, 1.807) is 6.92 Å². The predicted octanol–water partition coefficient (Wildman–Crippen LogP) is 5.52. The third-order valence-electron chi connectivity index (χ3n) is 6.00. The van der Waals surface area contributed by atoms with Gasteiger partial charge in [0.15, 0.2) is 0 Å². The monoisotopic (exact) mass is 437 g/mol. The maximum absolute atomic E-state index is 13.3. The Morgan fingerprint density at radius 3 is 2.44 bits per heavy atom. The Morgan fingerprint density at radius 2 is 1.78 bits per heavy atom. The fourth-order valence-corrected chi connectivity index (χ4v) is 4.19. The molecule has 0 radical (unpaired) electrons. The number of nitrogens with zero attached hydrogens (tertiary/aromatic N) is 1. The molecule has 1 atom stereocenters. The van der Waals surface area contributed by atoms with Crippen molar-refractivity contribution in [2.45, 2.75) is 39.5 Å². The molecule has 1 aliphatic rings. The van der Waals surface area contributed by atoms with Crippen LogP contribution in [-0.2, 0) is 14.3 Å². The highest BCUT2D eigenvalue weighted by atomic mass is 19.1. The van der Waals surface area contributed by atoms with Crippen LogP contribution in [0.1, 0.15) is 45.1 Å². The number of benzene rings is 2. The minimum Gasteiger partial charge on any atom is -0.465 e. The lowest BCUT2D eigenvalue weighted by Crippen LogP contribution is -2.32. The smallest absolute Gasteiger partial charge is 0.316 e. The average Bonchev–Trinajstić information content (AvgIpc) is 2.79. The van der Waals surface area contributed by atoms with Crippen LogP contribution in [0.3, 0.4) is 0 Å². The average molecular weight is 438 g/mol. The summed E-state index contributed by atoms with van der Waals surface area (Å²) in [6, 6.07) is 14.9. The lowest BCUT2D eigenvalue weighted by atomic mass is 9.95. The van der Waals surface area contributed by atoms with Crippen molar-refractivity contribution < 1.29 is 18.7 Å². The summed E-state index contributed by atoms with van der Waals surface area (Å²) >= 11 is 0. The summed E-state index contributed by atoms with van der Waals surface area (Å²) in [7, 11) is 0. The number of hydrogen-bond acceptors (Lipinski definition) is 4. The first kappa shape index (κ1) is 23.9. The van der Waals surface area contributed by atoms with Crippen LogP contribution in [0.2, 0.25) is 0 Å². The van der Waals surface area contributed by atoms with Crippen molar-refractivity contribution in [3.05, 3.63) is 65.5 Å². The Bertz CT molecular complexity index is 942. The van der Waals surface area contributed by atoms with Gasteiger partial charge in [0.2, 0.25) is 0 Å². The second-order valence-electron chi connectivity index (χ2n) is 8.30. The quantitative estimate of drug-likeness (QED) is 0.383. The molecule has 1 fully saturated rings. The molecule has 2 aromatic carbocycles. The first-order chi connectivity index (χ1) is 15.5. The SMILES string of the molecule is CCOC(=O)C(CCCN1CCC(=Cc2ccccc2-c2ccc(F)cc2)CC1)C(C)=O. The first-order valence-corrected chi connectivity index (χ1v) is 11.4. The highest BCUT2D eigenvalue weighted by Crippen LogP contribution is 2.28. The standard InChI is InChI=1S/C27H32FNO3/c1-3-32-27(31)25(20(2)30)9-6-16-29-17-14-21(15-18-29)19-23-7-4-5-8-26(23)22-10-12-24(28)13-11-22/h4-5,7-8,10-13,19,25H,3,6,9,14-18H2,1-2H3. The van der Waals surface area contributed by atoms with Gasteiger partial charge < -0.3 is 9.64 Å². The van der Waals surface area contributed by atoms with E-state index in [-0.39, 0.29) is 11.6 Å². The van der Waals surface area contributed by atoms with Gasteiger partial charge >= 0.3 is 5.97 Å². The molecule has 0 saturated carbocycles. The van der Waals surface area contributed by atoms with E-state index >= 15 is 0 Å². The predicted molar refractivity (Wildman–Crippen MR) is 126 cm³/mol. The van der Waals surface area contributed by atoms with Crippen molar-refractivity contribution in [2.24, 2.45) is 5.92 Å². The van der Waals surface area contributed by atoms with E-state index in [1.165, 1.54) is 24.6 Å². The number of rotatable bonds is 9. The molecule has 32 heavy (non-hydrogen) atoms. The largest absolute Gasteiger partial charge is 0.465 e. The van der Waals surface area contributed by atoms with Gasteiger partial charge in [0.05, 0.1) is 6.61 Å². The number of carbonyl (C=O) groups excluding carboxylic acids is 2. The lowest BCUT2D eigenvalue weighted by Gasteiger charge is -2.28. The molecule has 5 heteroatoms.